The van der Waals surface area contributed by atoms with E-state index in [0.29, 0.717) is 5.82 Å². The quantitative estimate of drug-likeness (QED) is 0.734. The normalized spacial score (nSPS) is 15.7. The molecule has 128 valence electrons. The van der Waals surface area contributed by atoms with Gasteiger partial charge in [0, 0.05) is 50.0 Å². The van der Waals surface area contributed by atoms with Crippen LogP contribution in [-0.2, 0) is 6.54 Å². The second-order valence-corrected chi connectivity index (χ2v) is 6.55. The molecule has 5 heteroatoms. The molecule has 2 aromatic heterocycles. The molecule has 25 heavy (non-hydrogen) atoms. The molecule has 0 radical (unpaired) electrons. The lowest BCUT2D eigenvalue weighted by atomic mass is 10.1. The van der Waals surface area contributed by atoms with Gasteiger partial charge < -0.3 is 4.90 Å². The third kappa shape index (κ3) is 3.46. The third-order valence-electron chi connectivity index (χ3n) is 4.71. The van der Waals surface area contributed by atoms with E-state index in [2.05, 4.69) is 39.1 Å². The highest BCUT2D eigenvalue weighted by Crippen LogP contribution is 2.20. The van der Waals surface area contributed by atoms with Crippen molar-refractivity contribution >= 4 is 16.7 Å². The monoisotopic (exact) mass is 336 g/mol. The van der Waals surface area contributed by atoms with Crippen LogP contribution in [0, 0.1) is 12.7 Å². The highest BCUT2D eigenvalue weighted by atomic mass is 19.1. The summed E-state index contributed by atoms with van der Waals surface area (Å²) in [5, 5.41) is 1.18. The second-order valence-electron chi connectivity index (χ2n) is 6.55. The summed E-state index contributed by atoms with van der Waals surface area (Å²) < 4.78 is 13.9. The van der Waals surface area contributed by atoms with Crippen molar-refractivity contribution in [3.05, 3.63) is 65.7 Å². The molecule has 0 atom stereocenters. The van der Waals surface area contributed by atoms with E-state index in [9.17, 15) is 4.39 Å². The molecule has 4 rings (SSSR count). The molecule has 4 nitrogen and oxygen atoms in total. The molecule has 1 fully saturated rings. The maximum Gasteiger partial charge on any atom is 0.165 e. The van der Waals surface area contributed by atoms with Gasteiger partial charge >= 0.3 is 0 Å². The first-order valence-electron chi connectivity index (χ1n) is 8.63. The maximum absolute atomic E-state index is 13.9. The van der Waals surface area contributed by atoms with Crippen LogP contribution in [0.2, 0.25) is 0 Å². The summed E-state index contributed by atoms with van der Waals surface area (Å²) in [6.45, 7) is 6.31. The van der Waals surface area contributed by atoms with E-state index in [1.165, 1.54) is 17.0 Å². The Balaban J connectivity index is 1.42. The smallest absolute Gasteiger partial charge is 0.165 e. The van der Waals surface area contributed by atoms with Gasteiger partial charge in [0.25, 0.3) is 0 Å². The number of fused-ring (bicyclic) bond motifs is 1. The van der Waals surface area contributed by atoms with Crippen molar-refractivity contribution in [1.29, 1.82) is 0 Å². The maximum atomic E-state index is 13.9. The molecule has 0 N–H and O–H groups in total. The summed E-state index contributed by atoms with van der Waals surface area (Å²) in [5.41, 5.74) is 3.37. The number of nitrogens with zero attached hydrogens (tertiary/aromatic N) is 4. The van der Waals surface area contributed by atoms with E-state index >= 15 is 0 Å². The molecule has 1 saturated heterocycles. The minimum absolute atomic E-state index is 0.242. The van der Waals surface area contributed by atoms with E-state index < -0.39 is 0 Å². The number of piperazine rings is 1. The fourth-order valence-electron chi connectivity index (χ4n) is 3.36. The van der Waals surface area contributed by atoms with Crippen molar-refractivity contribution in [3.63, 3.8) is 0 Å². The first-order valence-corrected chi connectivity index (χ1v) is 8.63. The van der Waals surface area contributed by atoms with E-state index in [0.717, 1.165) is 43.9 Å². The number of aromatic nitrogens is 2. The predicted molar refractivity (Wildman–Crippen MR) is 98.2 cm³/mol. The largest absolute Gasteiger partial charge is 0.352 e. The Labute approximate surface area is 146 Å². The van der Waals surface area contributed by atoms with Gasteiger partial charge in [-0.1, -0.05) is 12.1 Å². The van der Waals surface area contributed by atoms with Crippen molar-refractivity contribution < 1.29 is 4.39 Å². The molecule has 0 bridgehead atoms. The summed E-state index contributed by atoms with van der Waals surface area (Å²) in [5.74, 6) is 0.225. The van der Waals surface area contributed by atoms with Crippen LogP contribution in [-0.4, -0.2) is 41.0 Å². The standard InChI is InChI=1S/C20H21FN4/c1-15-4-6-17-13-16(5-7-19(17)23-15)14-24-9-11-25(12-10-24)20-18(21)3-2-8-22-20/h2-8,13H,9-12,14H2,1H3. The lowest BCUT2D eigenvalue weighted by Gasteiger charge is -2.35. The molecule has 0 amide bonds. The van der Waals surface area contributed by atoms with Crippen molar-refractivity contribution in [2.24, 2.45) is 0 Å². The van der Waals surface area contributed by atoms with E-state index in [1.54, 1.807) is 12.3 Å². The summed E-state index contributed by atoms with van der Waals surface area (Å²) in [6.07, 6.45) is 1.65. The van der Waals surface area contributed by atoms with Gasteiger partial charge in [0.2, 0.25) is 0 Å². The van der Waals surface area contributed by atoms with Gasteiger partial charge in [-0.2, -0.15) is 0 Å². The molecule has 3 aromatic rings. The highest BCUT2D eigenvalue weighted by Gasteiger charge is 2.20. The molecule has 0 saturated carbocycles. The number of benzene rings is 1. The molecule has 0 spiro atoms. The molecule has 0 aliphatic carbocycles. The van der Waals surface area contributed by atoms with E-state index in [4.69, 9.17) is 0 Å². The van der Waals surface area contributed by atoms with Crippen LogP contribution in [0.5, 0.6) is 0 Å². The topological polar surface area (TPSA) is 32.3 Å². The van der Waals surface area contributed by atoms with Crippen molar-refractivity contribution in [2.75, 3.05) is 31.1 Å². The molecular formula is C20H21FN4. The average molecular weight is 336 g/mol. The van der Waals surface area contributed by atoms with Crippen LogP contribution in [0.4, 0.5) is 10.2 Å². The molecule has 1 aliphatic rings. The highest BCUT2D eigenvalue weighted by molar-refractivity contribution is 5.79. The lowest BCUT2D eigenvalue weighted by molar-refractivity contribution is 0.248. The first kappa shape index (κ1) is 16.0. The minimum atomic E-state index is -0.242. The summed E-state index contributed by atoms with van der Waals surface area (Å²) in [6, 6.07) is 13.7. The summed E-state index contributed by atoms with van der Waals surface area (Å²) in [7, 11) is 0. The van der Waals surface area contributed by atoms with Crippen LogP contribution in [0.25, 0.3) is 10.9 Å². The molecule has 1 aromatic carbocycles. The number of halogens is 1. The summed E-state index contributed by atoms with van der Waals surface area (Å²) >= 11 is 0. The number of aryl methyl sites for hydroxylation is 1. The summed E-state index contributed by atoms with van der Waals surface area (Å²) in [4.78, 5) is 13.2. The molecule has 0 unspecified atom stereocenters. The zero-order valence-electron chi connectivity index (χ0n) is 14.3. The van der Waals surface area contributed by atoms with Gasteiger partial charge in [-0.05, 0) is 42.8 Å². The molecule has 3 heterocycles. The molecule has 1 aliphatic heterocycles. The van der Waals surface area contributed by atoms with Gasteiger partial charge in [-0.25, -0.2) is 9.37 Å². The van der Waals surface area contributed by atoms with Crippen molar-refractivity contribution in [2.45, 2.75) is 13.5 Å². The van der Waals surface area contributed by atoms with Gasteiger partial charge in [-0.15, -0.1) is 0 Å². The Morgan fingerprint density at radius 3 is 2.68 bits per heavy atom. The van der Waals surface area contributed by atoms with Gasteiger partial charge in [0.1, 0.15) is 0 Å². The fraction of sp³-hybridized carbons (Fsp3) is 0.300. The Bertz CT molecular complexity index is 888. The lowest BCUT2D eigenvalue weighted by Crippen LogP contribution is -2.46. The SMILES string of the molecule is Cc1ccc2cc(CN3CCN(c4ncccc4F)CC3)ccc2n1. The fourth-order valence-corrected chi connectivity index (χ4v) is 3.36. The Kier molecular flexibility index (Phi) is 4.32. The van der Waals surface area contributed by atoms with Crippen molar-refractivity contribution in [3.8, 4) is 0 Å². The van der Waals surface area contributed by atoms with E-state index in [-0.39, 0.29) is 5.82 Å². The third-order valence-corrected chi connectivity index (χ3v) is 4.71. The zero-order valence-corrected chi connectivity index (χ0v) is 14.3. The zero-order chi connectivity index (χ0) is 17.2. The van der Waals surface area contributed by atoms with Crippen LogP contribution in [0.3, 0.4) is 0 Å². The van der Waals surface area contributed by atoms with Crippen LogP contribution < -0.4 is 4.90 Å². The Morgan fingerprint density at radius 2 is 1.88 bits per heavy atom. The number of rotatable bonds is 3. The number of anilines is 1. The van der Waals surface area contributed by atoms with Gasteiger partial charge in [0.15, 0.2) is 11.6 Å². The van der Waals surface area contributed by atoms with Crippen LogP contribution >= 0.6 is 0 Å². The first-order chi connectivity index (χ1) is 12.2. The molecular weight excluding hydrogens is 315 g/mol. The predicted octanol–water partition coefficient (Wildman–Crippen LogP) is 3.40. The second kappa shape index (κ2) is 6.76. The minimum Gasteiger partial charge on any atom is -0.352 e. The number of pyridine rings is 2. The Morgan fingerprint density at radius 1 is 1.04 bits per heavy atom. The van der Waals surface area contributed by atoms with E-state index in [1.807, 2.05) is 17.9 Å². The van der Waals surface area contributed by atoms with Crippen molar-refractivity contribution in [1.82, 2.24) is 14.9 Å². The Hall–Kier alpha value is -2.53. The van der Waals surface area contributed by atoms with Gasteiger partial charge in [-0.3, -0.25) is 9.88 Å². The number of hydrogen-bond acceptors (Lipinski definition) is 4. The van der Waals surface area contributed by atoms with Crippen LogP contribution in [0.15, 0.2) is 48.7 Å². The van der Waals surface area contributed by atoms with Gasteiger partial charge in [0.05, 0.1) is 5.52 Å². The number of hydrogen-bond donors (Lipinski definition) is 0. The van der Waals surface area contributed by atoms with Crippen LogP contribution in [0.1, 0.15) is 11.3 Å². The average Bonchev–Trinajstić information content (AvgIpc) is 2.63.